The van der Waals surface area contributed by atoms with Crippen LogP contribution in [0.1, 0.15) is 0 Å². The van der Waals surface area contributed by atoms with Crippen molar-refractivity contribution in [1.29, 1.82) is 0 Å². The highest BCUT2D eigenvalue weighted by Crippen LogP contribution is 2.42. The highest BCUT2D eigenvalue weighted by Gasteiger charge is 2.21. The summed E-state index contributed by atoms with van der Waals surface area (Å²) < 4.78 is 2.37. The third kappa shape index (κ3) is 5.72. The van der Waals surface area contributed by atoms with Crippen molar-refractivity contribution in [2.75, 3.05) is 4.90 Å². The Bertz CT molecular complexity index is 3270. The molecule has 0 bridgehead atoms. The molecular weight excluding hydrogens is 703 g/mol. The molecule has 0 unspecified atom stereocenters. The molecule has 0 fully saturated rings. The number of anilines is 3. The normalized spacial score (nSPS) is 11.4. The Morgan fingerprint density at radius 1 is 0.345 bits per heavy atom. The van der Waals surface area contributed by atoms with Gasteiger partial charge in [-0.05, 0) is 104 Å². The van der Waals surface area contributed by atoms with Gasteiger partial charge in [-0.2, -0.15) is 0 Å². The van der Waals surface area contributed by atoms with E-state index in [0.29, 0.717) is 0 Å². The molecule has 11 aromatic rings. The van der Waals surface area contributed by atoms with Gasteiger partial charge < -0.3 is 4.90 Å². The van der Waals surface area contributed by atoms with Gasteiger partial charge in [-0.15, -0.1) is 0 Å². The van der Waals surface area contributed by atoms with E-state index in [-0.39, 0.29) is 0 Å². The van der Waals surface area contributed by atoms with E-state index < -0.39 is 0 Å². The van der Waals surface area contributed by atoms with Gasteiger partial charge in [0.1, 0.15) is 5.82 Å². The van der Waals surface area contributed by atoms with Crippen LogP contribution in [-0.4, -0.2) is 9.55 Å². The van der Waals surface area contributed by atoms with E-state index in [1.54, 1.807) is 0 Å². The summed E-state index contributed by atoms with van der Waals surface area (Å²) >= 11 is 0. The Hall–Kier alpha value is -7.75. The Labute approximate surface area is 337 Å². The second kappa shape index (κ2) is 14.1. The van der Waals surface area contributed by atoms with E-state index >= 15 is 0 Å². The molecular formula is C55H37N3. The zero-order valence-electron chi connectivity index (χ0n) is 31.7. The molecule has 11 rings (SSSR count). The van der Waals surface area contributed by atoms with Crippen LogP contribution in [0.25, 0.3) is 82.7 Å². The van der Waals surface area contributed by atoms with Crippen LogP contribution in [0.15, 0.2) is 224 Å². The van der Waals surface area contributed by atoms with Crippen LogP contribution in [0, 0.1) is 0 Å². The topological polar surface area (TPSA) is 21.1 Å². The summed E-state index contributed by atoms with van der Waals surface area (Å²) in [6.07, 6.45) is 0. The highest BCUT2D eigenvalue weighted by atomic mass is 15.1. The third-order valence-electron chi connectivity index (χ3n) is 11.3. The second-order valence-corrected chi connectivity index (χ2v) is 14.8. The van der Waals surface area contributed by atoms with E-state index in [9.17, 15) is 0 Å². The van der Waals surface area contributed by atoms with Gasteiger partial charge in [-0.25, -0.2) is 4.98 Å². The maximum Gasteiger partial charge on any atom is 0.145 e. The molecule has 58 heavy (non-hydrogen) atoms. The predicted octanol–water partition coefficient (Wildman–Crippen LogP) is 15.0. The van der Waals surface area contributed by atoms with Crippen molar-refractivity contribution in [2.45, 2.75) is 0 Å². The van der Waals surface area contributed by atoms with E-state index in [2.05, 4.69) is 234 Å². The first kappa shape index (κ1) is 33.6. The summed E-state index contributed by atoms with van der Waals surface area (Å²) in [6, 6.07) is 80.4. The molecule has 0 aliphatic rings. The van der Waals surface area contributed by atoms with Crippen LogP contribution in [-0.2, 0) is 0 Å². The Morgan fingerprint density at radius 3 is 1.69 bits per heavy atom. The van der Waals surface area contributed by atoms with Crippen molar-refractivity contribution in [3.63, 3.8) is 0 Å². The number of aromatic nitrogens is 2. The zero-order chi connectivity index (χ0) is 38.4. The molecule has 0 saturated carbocycles. The van der Waals surface area contributed by atoms with Gasteiger partial charge in [-0.3, -0.25) is 4.57 Å². The molecule has 1 aromatic heterocycles. The van der Waals surface area contributed by atoms with Crippen molar-refractivity contribution in [2.24, 2.45) is 0 Å². The largest absolute Gasteiger partial charge is 0.310 e. The minimum absolute atomic E-state index is 0.900. The van der Waals surface area contributed by atoms with Gasteiger partial charge in [0.05, 0.1) is 11.0 Å². The van der Waals surface area contributed by atoms with Crippen molar-refractivity contribution in [3.05, 3.63) is 224 Å². The molecule has 0 aliphatic heterocycles. The molecule has 0 spiro atoms. The molecule has 0 amide bonds. The Balaban J connectivity index is 1.10. The van der Waals surface area contributed by atoms with Crippen LogP contribution in [0.2, 0.25) is 0 Å². The number of fused-ring (bicyclic) bond motifs is 7. The summed E-state index contributed by atoms with van der Waals surface area (Å²) in [6.45, 7) is 0. The first-order valence-electron chi connectivity index (χ1n) is 19.8. The van der Waals surface area contributed by atoms with E-state index in [1.165, 1.54) is 43.6 Å². The molecule has 0 saturated heterocycles. The molecule has 10 aromatic carbocycles. The molecule has 272 valence electrons. The lowest BCUT2D eigenvalue weighted by Crippen LogP contribution is -2.10. The minimum Gasteiger partial charge on any atom is -0.310 e. The lowest BCUT2D eigenvalue weighted by molar-refractivity contribution is 1.11. The summed E-state index contributed by atoms with van der Waals surface area (Å²) in [5.74, 6) is 0.900. The molecule has 0 aliphatic carbocycles. The maximum absolute atomic E-state index is 5.55. The molecule has 0 atom stereocenters. The summed E-state index contributed by atoms with van der Waals surface area (Å²) in [4.78, 5) is 7.89. The fourth-order valence-electron chi connectivity index (χ4n) is 8.68. The summed E-state index contributed by atoms with van der Waals surface area (Å²) in [5.41, 5.74) is 12.2. The minimum atomic E-state index is 0.900. The standard InChI is InChI=1S/C55H37N3/c1-3-16-38(17-4-1)41-20-13-25-46(36-41)58-54-52-30-12-10-28-50(52)49-27-9-11-29-51(49)53(54)56-55(58)40-32-34-44(35-33-40)57(43-22-5-2-6-23-43)45-24-14-21-42(37-45)48-31-15-19-39-18-7-8-26-47(39)48/h1-37H. The first-order chi connectivity index (χ1) is 28.8. The Kier molecular flexibility index (Phi) is 8.15. The van der Waals surface area contributed by atoms with Gasteiger partial charge in [0, 0.05) is 39.1 Å². The van der Waals surface area contributed by atoms with Gasteiger partial charge >= 0.3 is 0 Å². The van der Waals surface area contributed by atoms with Crippen LogP contribution in [0.3, 0.4) is 0 Å². The van der Waals surface area contributed by atoms with Gasteiger partial charge in [0.2, 0.25) is 0 Å². The predicted molar refractivity (Wildman–Crippen MR) is 245 cm³/mol. The number of nitrogens with zero attached hydrogens (tertiary/aromatic N) is 3. The lowest BCUT2D eigenvalue weighted by Gasteiger charge is -2.26. The van der Waals surface area contributed by atoms with Crippen LogP contribution < -0.4 is 4.90 Å². The molecule has 1 heterocycles. The smallest absolute Gasteiger partial charge is 0.145 e. The number of imidazole rings is 1. The molecule has 3 nitrogen and oxygen atoms in total. The number of hydrogen-bond acceptors (Lipinski definition) is 2. The quantitative estimate of drug-likeness (QED) is 0.152. The van der Waals surface area contributed by atoms with E-state index in [4.69, 9.17) is 4.98 Å². The molecule has 0 radical (unpaired) electrons. The van der Waals surface area contributed by atoms with Gasteiger partial charge in [0.25, 0.3) is 0 Å². The van der Waals surface area contributed by atoms with Crippen molar-refractivity contribution < 1.29 is 0 Å². The zero-order valence-corrected chi connectivity index (χ0v) is 31.7. The first-order valence-corrected chi connectivity index (χ1v) is 19.8. The van der Waals surface area contributed by atoms with E-state index in [1.807, 2.05) is 0 Å². The number of rotatable bonds is 7. The van der Waals surface area contributed by atoms with E-state index in [0.717, 1.165) is 56.1 Å². The number of benzene rings is 10. The second-order valence-electron chi connectivity index (χ2n) is 14.8. The van der Waals surface area contributed by atoms with Crippen LogP contribution in [0.4, 0.5) is 17.1 Å². The summed E-state index contributed by atoms with van der Waals surface area (Å²) in [7, 11) is 0. The number of hydrogen-bond donors (Lipinski definition) is 0. The van der Waals surface area contributed by atoms with Gasteiger partial charge in [0.15, 0.2) is 0 Å². The van der Waals surface area contributed by atoms with Crippen molar-refractivity contribution in [1.82, 2.24) is 9.55 Å². The van der Waals surface area contributed by atoms with Crippen molar-refractivity contribution >= 4 is 60.4 Å². The van der Waals surface area contributed by atoms with Gasteiger partial charge in [-0.1, -0.05) is 164 Å². The fourth-order valence-corrected chi connectivity index (χ4v) is 8.68. The Morgan fingerprint density at radius 2 is 0.897 bits per heavy atom. The molecule has 0 N–H and O–H groups in total. The van der Waals surface area contributed by atoms with Crippen LogP contribution in [0.5, 0.6) is 0 Å². The van der Waals surface area contributed by atoms with Crippen molar-refractivity contribution in [3.8, 4) is 39.3 Å². The lowest BCUT2D eigenvalue weighted by atomic mass is 9.97. The average Bonchev–Trinajstić information content (AvgIpc) is 3.71. The fraction of sp³-hybridized carbons (Fsp3) is 0. The highest BCUT2D eigenvalue weighted by molar-refractivity contribution is 6.24. The number of para-hydroxylation sites is 1. The van der Waals surface area contributed by atoms with Crippen LogP contribution >= 0.6 is 0 Å². The summed E-state index contributed by atoms with van der Waals surface area (Å²) in [5, 5.41) is 7.23. The third-order valence-corrected chi connectivity index (χ3v) is 11.3. The SMILES string of the molecule is c1ccc(-c2cccc(-n3c(-c4ccc(N(c5ccccc5)c5cccc(-c6cccc7ccccc67)c5)cc4)nc4c5ccccc5c5ccccc5c43)c2)cc1. The molecule has 3 heteroatoms. The monoisotopic (exact) mass is 739 g/mol. The average molecular weight is 740 g/mol. The maximum atomic E-state index is 5.55.